The fourth-order valence-electron chi connectivity index (χ4n) is 1.76. The molecule has 2 heterocycles. The highest BCUT2D eigenvalue weighted by molar-refractivity contribution is 7.21. The van der Waals surface area contributed by atoms with E-state index in [0.717, 1.165) is 20.8 Å². The monoisotopic (exact) mass is 272 g/mol. The van der Waals surface area contributed by atoms with E-state index in [9.17, 15) is 4.39 Å². The van der Waals surface area contributed by atoms with Crippen LogP contribution in [-0.2, 0) is 0 Å². The van der Waals surface area contributed by atoms with Crippen LogP contribution in [0.5, 0.6) is 0 Å². The van der Waals surface area contributed by atoms with E-state index in [2.05, 4.69) is 15.1 Å². The lowest BCUT2D eigenvalue weighted by Crippen LogP contribution is -1.85. The molecule has 0 fully saturated rings. The van der Waals surface area contributed by atoms with Gasteiger partial charge in [-0.2, -0.15) is 5.10 Å². The quantitative estimate of drug-likeness (QED) is 0.443. The van der Waals surface area contributed by atoms with Crippen molar-refractivity contribution in [2.24, 2.45) is 10.9 Å². The predicted octanol–water partition coefficient (Wildman–Crippen LogP) is 2.79. The van der Waals surface area contributed by atoms with Gasteiger partial charge in [0.1, 0.15) is 10.8 Å². The van der Waals surface area contributed by atoms with E-state index in [4.69, 9.17) is 5.84 Å². The molecule has 0 aliphatic rings. The average Bonchev–Trinajstić information content (AvgIpc) is 2.82. The molecule has 0 atom stereocenters. The van der Waals surface area contributed by atoms with Crippen molar-refractivity contribution in [2.45, 2.75) is 0 Å². The number of benzene rings is 1. The molecule has 0 unspecified atom stereocenters. The maximum atomic E-state index is 13.2. The van der Waals surface area contributed by atoms with Gasteiger partial charge in [-0.1, -0.05) is 6.07 Å². The summed E-state index contributed by atoms with van der Waals surface area (Å²) in [7, 11) is 0. The Morgan fingerprint density at radius 1 is 1.26 bits per heavy atom. The lowest BCUT2D eigenvalue weighted by atomic mass is 10.2. The second-order valence-electron chi connectivity index (χ2n) is 3.92. The van der Waals surface area contributed by atoms with Gasteiger partial charge < -0.3 is 5.84 Å². The molecule has 0 radical (unpaired) electrons. The number of hydrogen-bond acceptors (Lipinski definition) is 5. The van der Waals surface area contributed by atoms with Gasteiger partial charge in [-0.05, 0) is 23.8 Å². The van der Waals surface area contributed by atoms with E-state index in [1.54, 1.807) is 12.4 Å². The molecular formula is C13H9FN4S. The molecule has 94 valence electrons. The van der Waals surface area contributed by atoms with E-state index in [0.29, 0.717) is 5.56 Å². The third-order valence-electron chi connectivity index (χ3n) is 2.59. The molecule has 0 saturated heterocycles. The minimum absolute atomic E-state index is 0.368. The highest BCUT2D eigenvalue weighted by atomic mass is 32.1. The smallest absolute Gasteiger partial charge is 0.142 e. The minimum Gasteiger partial charge on any atom is -0.323 e. The number of fused-ring (bicyclic) bond motifs is 1. The van der Waals surface area contributed by atoms with Crippen LogP contribution in [0.2, 0.25) is 0 Å². The van der Waals surface area contributed by atoms with Gasteiger partial charge in [0.25, 0.3) is 0 Å². The molecule has 3 aromatic rings. The summed E-state index contributed by atoms with van der Waals surface area (Å²) in [5.74, 6) is 4.76. The molecule has 2 N–H and O–H groups in total. The summed E-state index contributed by atoms with van der Waals surface area (Å²) in [5, 5.41) is 4.23. The van der Waals surface area contributed by atoms with Crippen molar-refractivity contribution < 1.29 is 4.39 Å². The molecule has 0 spiro atoms. The normalized spacial score (nSPS) is 11.4. The third-order valence-corrected chi connectivity index (χ3v) is 3.66. The Bertz CT molecular complexity index is 766. The van der Waals surface area contributed by atoms with Crippen LogP contribution in [-0.4, -0.2) is 16.2 Å². The van der Waals surface area contributed by atoms with Crippen molar-refractivity contribution in [3.05, 3.63) is 48.0 Å². The summed E-state index contributed by atoms with van der Waals surface area (Å²) < 4.78 is 14.2. The van der Waals surface area contributed by atoms with E-state index in [1.807, 2.05) is 18.2 Å². The van der Waals surface area contributed by atoms with Crippen molar-refractivity contribution in [2.75, 3.05) is 0 Å². The van der Waals surface area contributed by atoms with Crippen LogP contribution < -0.4 is 5.84 Å². The number of nitrogens with two attached hydrogens (primary N) is 1. The topological polar surface area (TPSA) is 64.2 Å². The van der Waals surface area contributed by atoms with Crippen LogP contribution in [0.1, 0.15) is 5.56 Å². The zero-order chi connectivity index (χ0) is 13.2. The summed E-state index contributed by atoms with van der Waals surface area (Å²) in [4.78, 5) is 8.29. The first-order chi connectivity index (χ1) is 9.26. The Kier molecular flexibility index (Phi) is 2.92. The Morgan fingerprint density at radius 2 is 2.16 bits per heavy atom. The van der Waals surface area contributed by atoms with Crippen molar-refractivity contribution in [1.29, 1.82) is 0 Å². The molecule has 4 nitrogen and oxygen atoms in total. The molecule has 0 aliphatic carbocycles. The summed E-state index contributed by atoms with van der Waals surface area (Å²) in [6.45, 7) is 0. The van der Waals surface area contributed by atoms with Crippen molar-refractivity contribution >= 4 is 27.8 Å². The molecule has 2 aromatic heterocycles. The summed E-state index contributed by atoms with van der Waals surface area (Å²) in [6.07, 6.45) is 4.35. The van der Waals surface area contributed by atoms with Gasteiger partial charge in [-0.25, -0.2) is 9.37 Å². The fraction of sp³-hybridized carbons (Fsp3) is 0. The first-order valence-corrected chi connectivity index (χ1v) is 6.33. The molecule has 3 rings (SSSR count). The molecule has 19 heavy (non-hydrogen) atoms. The van der Waals surface area contributed by atoms with Gasteiger partial charge in [0.15, 0.2) is 0 Å². The average molecular weight is 272 g/mol. The zero-order valence-electron chi connectivity index (χ0n) is 9.75. The van der Waals surface area contributed by atoms with Crippen molar-refractivity contribution in [3.63, 3.8) is 0 Å². The number of rotatable bonds is 2. The number of pyridine rings is 1. The molecule has 6 heteroatoms. The van der Waals surface area contributed by atoms with E-state index in [1.165, 1.54) is 23.6 Å². The maximum Gasteiger partial charge on any atom is 0.142 e. The fourth-order valence-corrected chi connectivity index (χ4v) is 2.75. The summed E-state index contributed by atoms with van der Waals surface area (Å²) in [6, 6.07) is 7.14. The van der Waals surface area contributed by atoms with Crippen LogP contribution in [0, 0.1) is 5.82 Å². The van der Waals surface area contributed by atoms with E-state index in [-0.39, 0.29) is 5.82 Å². The van der Waals surface area contributed by atoms with E-state index < -0.39 is 0 Å². The number of hydrazone groups is 1. The number of hydrogen-bond donors (Lipinski definition) is 1. The number of halogens is 1. The third kappa shape index (κ3) is 2.30. The molecule has 0 saturated carbocycles. The van der Waals surface area contributed by atoms with Crippen molar-refractivity contribution in [3.8, 4) is 10.6 Å². The van der Waals surface area contributed by atoms with Crippen LogP contribution in [0.15, 0.2) is 41.8 Å². The Labute approximate surface area is 112 Å². The van der Waals surface area contributed by atoms with Crippen LogP contribution >= 0.6 is 11.3 Å². The predicted molar refractivity (Wildman–Crippen MR) is 74.6 cm³/mol. The standard InChI is InChI=1S/C13H9FN4S/c14-10-4-9(6-16-7-10)13-18-11-2-1-8(5-17-15)3-12(11)19-13/h1-7H,15H2. The number of aromatic nitrogens is 2. The van der Waals surface area contributed by atoms with Gasteiger partial charge in [0.2, 0.25) is 0 Å². The van der Waals surface area contributed by atoms with Gasteiger partial charge in [-0.15, -0.1) is 11.3 Å². The molecule has 0 amide bonds. The molecular weight excluding hydrogens is 263 g/mol. The minimum atomic E-state index is -0.368. The second kappa shape index (κ2) is 4.74. The van der Waals surface area contributed by atoms with E-state index >= 15 is 0 Å². The molecule has 0 bridgehead atoms. The molecule has 1 aromatic carbocycles. The summed E-state index contributed by atoms with van der Waals surface area (Å²) >= 11 is 1.48. The Morgan fingerprint density at radius 3 is 2.95 bits per heavy atom. The van der Waals surface area contributed by atoms with Crippen LogP contribution in [0.25, 0.3) is 20.8 Å². The maximum absolute atomic E-state index is 13.2. The number of thiazole rings is 1. The van der Waals surface area contributed by atoms with Gasteiger partial charge in [0.05, 0.1) is 22.6 Å². The van der Waals surface area contributed by atoms with Gasteiger partial charge in [-0.3, -0.25) is 4.98 Å². The van der Waals surface area contributed by atoms with Crippen LogP contribution in [0.4, 0.5) is 4.39 Å². The number of nitrogens with zero attached hydrogens (tertiary/aromatic N) is 3. The first-order valence-electron chi connectivity index (χ1n) is 5.51. The Balaban J connectivity index is 2.11. The van der Waals surface area contributed by atoms with Gasteiger partial charge >= 0.3 is 0 Å². The Hall–Kier alpha value is -2.34. The highest BCUT2D eigenvalue weighted by Crippen LogP contribution is 2.30. The lowest BCUT2D eigenvalue weighted by Gasteiger charge is -1.93. The van der Waals surface area contributed by atoms with Gasteiger partial charge in [0, 0.05) is 11.8 Å². The highest BCUT2D eigenvalue weighted by Gasteiger charge is 2.07. The zero-order valence-corrected chi connectivity index (χ0v) is 10.6. The largest absolute Gasteiger partial charge is 0.323 e. The first kappa shape index (κ1) is 11.7. The second-order valence-corrected chi connectivity index (χ2v) is 4.95. The molecule has 0 aliphatic heterocycles. The SMILES string of the molecule is NN=Cc1ccc2nc(-c3cncc(F)c3)sc2c1. The van der Waals surface area contributed by atoms with Crippen molar-refractivity contribution in [1.82, 2.24) is 9.97 Å². The lowest BCUT2D eigenvalue weighted by molar-refractivity contribution is 0.622. The van der Waals surface area contributed by atoms with Crippen LogP contribution in [0.3, 0.4) is 0 Å². The summed E-state index contributed by atoms with van der Waals surface area (Å²) in [5.41, 5.74) is 2.44.